The summed E-state index contributed by atoms with van der Waals surface area (Å²) in [6, 6.07) is 5.25. The number of sulfonamides is 1. The molecule has 8 heteroatoms. The Balaban J connectivity index is 2.34. The highest BCUT2D eigenvalue weighted by molar-refractivity contribution is 14.1. The first kappa shape index (κ1) is 13.8. The van der Waals surface area contributed by atoms with Crippen LogP contribution in [0.25, 0.3) is 0 Å². The fourth-order valence-corrected chi connectivity index (χ4v) is 3.28. The normalized spacial score (nSPS) is 11.5. The number of hydrogen-bond donors (Lipinski definition) is 2. The van der Waals surface area contributed by atoms with Gasteiger partial charge in [-0.05, 0) is 63.6 Å². The molecule has 1 aromatic carbocycles. The molecule has 0 atom stereocenters. The van der Waals surface area contributed by atoms with Crippen molar-refractivity contribution in [2.75, 3.05) is 4.72 Å². The highest BCUT2D eigenvalue weighted by atomic mass is 127. The van der Waals surface area contributed by atoms with E-state index in [0.29, 0.717) is 11.4 Å². The third-order valence-electron chi connectivity index (χ3n) is 2.24. The van der Waals surface area contributed by atoms with E-state index in [1.54, 1.807) is 19.1 Å². The van der Waals surface area contributed by atoms with Gasteiger partial charge in [-0.1, -0.05) is 0 Å². The average molecular weight is 442 g/mol. The van der Waals surface area contributed by atoms with Crippen LogP contribution in [0, 0.1) is 10.5 Å². The number of nitrogens with zero attached hydrogens (tertiary/aromatic N) is 1. The largest absolute Gasteiger partial charge is 0.281 e. The second-order valence-electron chi connectivity index (χ2n) is 3.59. The van der Waals surface area contributed by atoms with Gasteiger partial charge in [-0.2, -0.15) is 5.10 Å². The van der Waals surface area contributed by atoms with Crippen LogP contribution in [-0.4, -0.2) is 18.6 Å². The third-order valence-corrected chi connectivity index (χ3v) is 6.08. The van der Waals surface area contributed by atoms with Gasteiger partial charge >= 0.3 is 0 Å². The Morgan fingerprint density at radius 3 is 2.72 bits per heavy atom. The van der Waals surface area contributed by atoms with Gasteiger partial charge in [0.25, 0.3) is 10.0 Å². The van der Waals surface area contributed by atoms with E-state index in [4.69, 9.17) is 0 Å². The van der Waals surface area contributed by atoms with E-state index < -0.39 is 10.0 Å². The first-order chi connectivity index (χ1) is 8.40. The van der Waals surface area contributed by atoms with Crippen molar-refractivity contribution in [3.05, 3.63) is 38.1 Å². The van der Waals surface area contributed by atoms with Gasteiger partial charge in [-0.25, -0.2) is 8.42 Å². The first-order valence-electron chi connectivity index (χ1n) is 4.88. The van der Waals surface area contributed by atoms with Crippen LogP contribution < -0.4 is 4.72 Å². The second kappa shape index (κ2) is 5.17. The van der Waals surface area contributed by atoms with Crippen LogP contribution in [0.2, 0.25) is 0 Å². The molecule has 2 N–H and O–H groups in total. The Morgan fingerprint density at radius 1 is 1.44 bits per heavy atom. The minimum atomic E-state index is -3.60. The van der Waals surface area contributed by atoms with E-state index in [2.05, 4.69) is 53.4 Å². The lowest BCUT2D eigenvalue weighted by molar-refractivity contribution is 0.600. The van der Waals surface area contributed by atoms with Gasteiger partial charge in [0.15, 0.2) is 0 Å². The Morgan fingerprint density at radius 2 is 2.17 bits per heavy atom. The Bertz CT molecular complexity index is 684. The maximum atomic E-state index is 12.1. The molecule has 0 saturated carbocycles. The van der Waals surface area contributed by atoms with Crippen molar-refractivity contribution in [3.63, 3.8) is 0 Å². The van der Waals surface area contributed by atoms with Gasteiger partial charge in [0.1, 0.15) is 4.90 Å². The number of aromatic amines is 1. The van der Waals surface area contributed by atoms with E-state index in [1.165, 1.54) is 6.20 Å². The molecule has 0 aliphatic heterocycles. The van der Waals surface area contributed by atoms with Gasteiger partial charge < -0.3 is 0 Å². The summed E-state index contributed by atoms with van der Waals surface area (Å²) in [7, 11) is -3.60. The lowest BCUT2D eigenvalue weighted by Crippen LogP contribution is -2.13. The zero-order valence-electron chi connectivity index (χ0n) is 9.24. The molecule has 2 rings (SSSR count). The van der Waals surface area contributed by atoms with Crippen LogP contribution in [-0.2, 0) is 10.0 Å². The number of anilines is 1. The summed E-state index contributed by atoms with van der Waals surface area (Å²) in [5.74, 6) is 0. The van der Waals surface area contributed by atoms with Gasteiger partial charge in [0.05, 0.1) is 17.6 Å². The Kier molecular flexibility index (Phi) is 3.97. The van der Waals surface area contributed by atoms with Crippen molar-refractivity contribution < 1.29 is 8.42 Å². The molecule has 96 valence electrons. The highest BCUT2D eigenvalue weighted by Crippen LogP contribution is 2.25. The Hall–Kier alpha value is -0.610. The van der Waals surface area contributed by atoms with Crippen LogP contribution in [0.3, 0.4) is 0 Å². The molecule has 0 unspecified atom stereocenters. The van der Waals surface area contributed by atoms with Gasteiger partial charge in [0.2, 0.25) is 0 Å². The third kappa shape index (κ3) is 2.86. The van der Waals surface area contributed by atoms with Crippen molar-refractivity contribution >= 4 is 54.2 Å². The summed E-state index contributed by atoms with van der Waals surface area (Å²) in [5, 5.41) is 6.31. The number of halogens is 2. The van der Waals surface area contributed by atoms with Crippen LogP contribution >= 0.6 is 38.5 Å². The predicted molar refractivity (Wildman–Crippen MR) is 81.0 cm³/mol. The van der Waals surface area contributed by atoms with Crippen molar-refractivity contribution in [2.24, 2.45) is 0 Å². The predicted octanol–water partition coefficient (Wildman–Crippen LogP) is 2.89. The van der Waals surface area contributed by atoms with E-state index in [9.17, 15) is 8.42 Å². The molecule has 1 heterocycles. The number of benzene rings is 1. The summed E-state index contributed by atoms with van der Waals surface area (Å²) in [6.45, 7) is 1.66. The fraction of sp³-hybridized carbons (Fsp3) is 0.100. The lowest BCUT2D eigenvalue weighted by atomic mass is 10.3. The topological polar surface area (TPSA) is 74.8 Å². The standard InChI is InChI=1S/C10H9BrIN3O2S/c1-6-10(5-13-14-6)18(16,17)15-7-2-3-9(12)8(11)4-7/h2-5,15H,1H3,(H,13,14). The molecule has 0 spiro atoms. The number of nitrogens with one attached hydrogen (secondary N) is 2. The zero-order chi connectivity index (χ0) is 13.3. The minimum absolute atomic E-state index is 0.150. The molecule has 0 fully saturated rings. The van der Waals surface area contributed by atoms with Crippen LogP contribution in [0.15, 0.2) is 33.8 Å². The van der Waals surface area contributed by atoms with E-state index >= 15 is 0 Å². The minimum Gasteiger partial charge on any atom is -0.281 e. The number of aromatic nitrogens is 2. The molecular formula is C10H9BrIN3O2S. The SMILES string of the molecule is Cc1[nH]ncc1S(=O)(=O)Nc1ccc(I)c(Br)c1. The molecule has 0 aliphatic rings. The summed E-state index contributed by atoms with van der Waals surface area (Å²) < 4.78 is 28.5. The fourth-order valence-electron chi connectivity index (χ4n) is 1.38. The van der Waals surface area contributed by atoms with Crippen molar-refractivity contribution in [1.82, 2.24) is 10.2 Å². The molecule has 0 radical (unpaired) electrons. The molecule has 0 aliphatic carbocycles. The number of rotatable bonds is 3. The number of H-pyrrole nitrogens is 1. The van der Waals surface area contributed by atoms with E-state index in [-0.39, 0.29) is 4.90 Å². The van der Waals surface area contributed by atoms with Crippen LogP contribution in [0.1, 0.15) is 5.69 Å². The lowest BCUT2D eigenvalue weighted by Gasteiger charge is -2.08. The number of hydrogen-bond acceptors (Lipinski definition) is 3. The van der Waals surface area contributed by atoms with Gasteiger partial charge in [-0.3, -0.25) is 9.82 Å². The first-order valence-corrected chi connectivity index (χ1v) is 8.23. The van der Waals surface area contributed by atoms with Crippen LogP contribution in [0.5, 0.6) is 0 Å². The van der Waals surface area contributed by atoms with Crippen molar-refractivity contribution in [1.29, 1.82) is 0 Å². The zero-order valence-corrected chi connectivity index (χ0v) is 13.8. The summed E-state index contributed by atoms with van der Waals surface area (Å²) in [5.41, 5.74) is 1.01. The van der Waals surface area contributed by atoms with Gasteiger partial charge in [-0.15, -0.1) is 0 Å². The average Bonchev–Trinajstić information content (AvgIpc) is 2.70. The Labute approximate surface area is 127 Å². The molecule has 0 bridgehead atoms. The molecule has 0 amide bonds. The quantitative estimate of drug-likeness (QED) is 0.719. The molecule has 18 heavy (non-hydrogen) atoms. The van der Waals surface area contributed by atoms with Crippen molar-refractivity contribution in [3.8, 4) is 0 Å². The molecule has 1 aromatic heterocycles. The van der Waals surface area contributed by atoms with E-state index in [0.717, 1.165) is 8.04 Å². The molecule has 2 aromatic rings. The summed E-state index contributed by atoms with van der Waals surface area (Å²) in [4.78, 5) is 0.150. The highest BCUT2D eigenvalue weighted by Gasteiger charge is 2.18. The smallest absolute Gasteiger partial charge is 0.265 e. The maximum absolute atomic E-state index is 12.1. The molecule has 5 nitrogen and oxygen atoms in total. The second-order valence-corrected chi connectivity index (χ2v) is 7.26. The van der Waals surface area contributed by atoms with Gasteiger partial charge in [0, 0.05) is 8.04 Å². The van der Waals surface area contributed by atoms with Crippen LogP contribution in [0.4, 0.5) is 5.69 Å². The maximum Gasteiger partial charge on any atom is 0.265 e. The van der Waals surface area contributed by atoms with E-state index in [1.807, 2.05) is 6.07 Å². The molecule has 0 saturated heterocycles. The summed E-state index contributed by atoms with van der Waals surface area (Å²) >= 11 is 5.51. The molecular weight excluding hydrogens is 433 g/mol. The van der Waals surface area contributed by atoms with Crippen molar-refractivity contribution in [2.45, 2.75) is 11.8 Å². The number of aryl methyl sites for hydroxylation is 1. The monoisotopic (exact) mass is 441 g/mol. The summed E-state index contributed by atoms with van der Waals surface area (Å²) in [6.07, 6.45) is 1.29.